The van der Waals surface area contributed by atoms with E-state index in [1.165, 1.54) is 32.1 Å². The molecular weight excluding hydrogens is 224 g/mol. The highest BCUT2D eigenvalue weighted by atomic mass is 16.1. The monoisotopic (exact) mass is 252 g/mol. The molecule has 2 aliphatic carbocycles. The van der Waals surface area contributed by atoms with Crippen LogP contribution in [0.1, 0.15) is 52.4 Å². The van der Waals surface area contributed by atoms with Gasteiger partial charge in [-0.2, -0.15) is 0 Å². The second-order valence-corrected chi connectivity index (χ2v) is 6.87. The van der Waals surface area contributed by atoms with Crippen molar-refractivity contribution in [3.63, 3.8) is 0 Å². The van der Waals surface area contributed by atoms with Gasteiger partial charge >= 0.3 is 0 Å². The van der Waals surface area contributed by atoms with Gasteiger partial charge in [-0.25, -0.2) is 0 Å². The van der Waals surface area contributed by atoms with E-state index in [1.54, 1.807) is 0 Å². The van der Waals surface area contributed by atoms with Crippen molar-refractivity contribution in [1.29, 1.82) is 0 Å². The third-order valence-electron chi connectivity index (χ3n) is 5.23. The van der Waals surface area contributed by atoms with E-state index < -0.39 is 0 Å². The molecule has 3 heteroatoms. The predicted molar refractivity (Wildman–Crippen MR) is 74.0 cm³/mol. The molecule has 0 aromatic heterocycles. The van der Waals surface area contributed by atoms with Gasteiger partial charge in [0.1, 0.15) is 0 Å². The number of hydrogen-bond donors (Lipinski definition) is 2. The van der Waals surface area contributed by atoms with Gasteiger partial charge < -0.3 is 11.1 Å². The van der Waals surface area contributed by atoms with E-state index in [1.807, 2.05) is 0 Å². The number of carbonyl (C=O) groups is 1. The molecule has 0 bridgehead atoms. The van der Waals surface area contributed by atoms with Gasteiger partial charge in [0.05, 0.1) is 0 Å². The Morgan fingerprint density at radius 3 is 2.56 bits per heavy atom. The summed E-state index contributed by atoms with van der Waals surface area (Å²) in [6.07, 6.45) is 7.18. The highest BCUT2D eigenvalue weighted by molar-refractivity contribution is 5.79. The molecule has 2 rings (SSSR count). The molecule has 3 unspecified atom stereocenters. The maximum atomic E-state index is 12.3. The Balaban J connectivity index is 1.81. The van der Waals surface area contributed by atoms with Gasteiger partial charge in [0.15, 0.2) is 0 Å². The van der Waals surface area contributed by atoms with Gasteiger partial charge in [0.2, 0.25) is 5.91 Å². The van der Waals surface area contributed by atoms with Gasteiger partial charge in [-0.15, -0.1) is 0 Å². The topological polar surface area (TPSA) is 55.1 Å². The first-order valence-electron chi connectivity index (χ1n) is 7.52. The Kier molecular flexibility index (Phi) is 4.31. The van der Waals surface area contributed by atoms with Crippen LogP contribution < -0.4 is 11.1 Å². The number of amides is 1. The van der Waals surface area contributed by atoms with Crippen LogP contribution in [0.3, 0.4) is 0 Å². The molecule has 18 heavy (non-hydrogen) atoms. The van der Waals surface area contributed by atoms with Gasteiger partial charge in [-0.05, 0) is 49.5 Å². The summed E-state index contributed by atoms with van der Waals surface area (Å²) >= 11 is 0. The van der Waals surface area contributed by atoms with Crippen LogP contribution in [0.15, 0.2) is 0 Å². The molecule has 3 N–H and O–H groups in total. The summed E-state index contributed by atoms with van der Waals surface area (Å²) in [7, 11) is 0. The molecule has 0 spiro atoms. The SMILES string of the molecule is CC1(C)CCCC1C(=O)NCC1CCCC1CN. The summed E-state index contributed by atoms with van der Waals surface area (Å²) in [5.74, 6) is 1.74. The Hall–Kier alpha value is -0.570. The van der Waals surface area contributed by atoms with Crippen LogP contribution in [0.4, 0.5) is 0 Å². The molecular formula is C15H28N2O. The van der Waals surface area contributed by atoms with E-state index in [9.17, 15) is 4.79 Å². The summed E-state index contributed by atoms with van der Waals surface area (Å²) in [4.78, 5) is 12.3. The molecule has 2 saturated carbocycles. The minimum atomic E-state index is 0.188. The fraction of sp³-hybridized carbons (Fsp3) is 0.933. The largest absolute Gasteiger partial charge is 0.356 e. The van der Waals surface area contributed by atoms with E-state index in [2.05, 4.69) is 19.2 Å². The lowest BCUT2D eigenvalue weighted by Gasteiger charge is -2.27. The molecule has 2 aliphatic rings. The Morgan fingerprint density at radius 1 is 1.22 bits per heavy atom. The van der Waals surface area contributed by atoms with Crippen molar-refractivity contribution in [3.8, 4) is 0 Å². The molecule has 2 fully saturated rings. The molecule has 0 radical (unpaired) electrons. The van der Waals surface area contributed by atoms with E-state index in [0.717, 1.165) is 19.5 Å². The van der Waals surface area contributed by atoms with Crippen molar-refractivity contribution in [2.24, 2.45) is 28.9 Å². The van der Waals surface area contributed by atoms with Crippen molar-refractivity contribution in [2.45, 2.75) is 52.4 Å². The molecule has 104 valence electrons. The van der Waals surface area contributed by atoms with Crippen LogP contribution in [-0.2, 0) is 4.79 Å². The molecule has 0 saturated heterocycles. The average molecular weight is 252 g/mol. The second kappa shape index (κ2) is 5.60. The fourth-order valence-electron chi connectivity index (χ4n) is 3.86. The van der Waals surface area contributed by atoms with Crippen molar-refractivity contribution < 1.29 is 4.79 Å². The predicted octanol–water partition coefficient (Wildman–Crippen LogP) is 2.30. The van der Waals surface area contributed by atoms with Crippen LogP contribution in [0.5, 0.6) is 0 Å². The molecule has 0 aromatic rings. The summed E-state index contributed by atoms with van der Waals surface area (Å²) in [6, 6.07) is 0. The molecule has 0 aliphatic heterocycles. The Bertz CT molecular complexity index is 301. The first-order valence-corrected chi connectivity index (χ1v) is 7.52. The highest BCUT2D eigenvalue weighted by Crippen LogP contribution is 2.42. The molecule has 3 nitrogen and oxygen atoms in total. The number of rotatable bonds is 4. The average Bonchev–Trinajstić information content (AvgIpc) is 2.91. The molecule has 0 heterocycles. The van der Waals surface area contributed by atoms with Crippen LogP contribution >= 0.6 is 0 Å². The van der Waals surface area contributed by atoms with Crippen LogP contribution in [-0.4, -0.2) is 19.0 Å². The summed E-state index contributed by atoms with van der Waals surface area (Å²) in [6.45, 7) is 6.06. The van der Waals surface area contributed by atoms with Gasteiger partial charge in [-0.3, -0.25) is 4.79 Å². The van der Waals surface area contributed by atoms with Crippen molar-refractivity contribution in [3.05, 3.63) is 0 Å². The smallest absolute Gasteiger partial charge is 0.223 e. The van der Waals surface area contributed by atoms with Crippen molar-refractivity contribution in [1.82, 2.24) is 5.32 Å². The van der Waals surface area contributed by atoms with Crippen molar-refractivity contribution >= 4 is 5.91 Å². The fourth-order valence-corrected chi connectivity index (χ4v) is 3.86. The van der Waals surface area contributed by atoms with Crippen molar-refractivity contribution in [2.75, 3.05) is 13.1 Å². The van der Waals surface area contributed by atoms with Gasteiger partial charge in [0, 0.05) is 12.5 Å². The van der Waals surface area contributed by atoms with Gasteiger partial charge in [-0.1, -0.05) is 26.7 Å². The third-order valence-corrected chi connectivity index (χ3v) is 5.23. The zero-order valence-corrected chi connectivity index (χ0v) is 11.9. The number of carbonyl (C=O) groups excluding carboxylic acids is 1. The zero-order chi connectivity index (χ0) is 13.2. The highest BCUT2D eigenvalue weighted by Gasteiger charge is 2.39. The first kappa shape index (κ1) is 13.9. The number of nitrogens with two attached hydrogens (primary N) is 1. The van der Waals surface area contributed by atoms with Gasteiger partial charge in [0.25, 0.3) is 0 Å². The lowest BCUT2D eigenvalue weighted by Crippen LogP contribution is -2.39. The van der Waals surface area contributed by atoms with Crippen LogP contribution in [0.25, 0.3) is 0 Å². The zero-order valence-electron chi connectivity index (χ0n) is 11.9. The maximum Gasteiger partial charge on any atom is 0.223 e. The quantitative estimate of drug-likeness (QED) is 0.806. The lowest BCUT2D eigenvalue weighted by molar-refractivity contribution is -0.127. The molecule has 3 atom stereocenters. The summed E-state index contributed by atoms with van der Waals surface area (Å²) < 4.78 is 0. The second-order valence-electron chi connectivity index (χ2n) is 6.87. The summed E-state index contributed by atoms with van der Waals surface area (Å²) in [5.41, 5.74) is 5.97. The number of hydrogen-bond acceptors (Lipinski definition) is 2. The maximum absolute atomic E-state index is 12.3. The Labute approximate surface area is 111 Å². The van der Waals surface area contributed by atoms with Crippen LogP contribution in [0.2, 0.25) is 0 Å². The van der Waals surface area contributed by atoms with E-state index in [-0.39, 0.29) is 17.2 Å². The summed E-state index contributed by atoms with van der Waals surface area (Å²) in [5, 5.41) is 3.19. The normalized spacial score (nSPS) is 34.7. The van der Waals surface area contributed by atoms with E-state index in [4.69, 9.17) is 5.73 Å². The molecule has 0 aromatic carbocycles. The Morgan fingerprint density at radius 2 is 1.94 bits per heavy atom. The lowest BCUT2D eigenvalue weighted by atomic mass is 9.81. The minimum absolute atomic E-state index is 0.188. The van der Waals surface area contributed by atoms with E-state index in [0.29, 0.717) is 11.8 Å². The first-order chi connectivity index (χ1) is 8.54. The minimum Gasteiger partial charge on any atom is -0.356 e. The van der Waals surface area contributed by atoms with E-state index >= 15 is 0 Å². The molecule has 1 amide bonds. The van der Waals surface area contributed by atoms with Crippen LogP contribution in [0, 0.1) is 23.2 Å². The third kappa shape index (κ3) is 2.87. The standard InChI is InChI=1S/C15H28N2O/c1-15(2)8-4-7-13(15)14(18)17-10-12-6-3-5-11(12)9-16/h11-13H,3-10,16H2,1-2H3,(H,17,18). The number of nitrogens with one attached hydrogen (secondary N) is 1.